The molecule has 3 rings (SSSR count). The SMILES string of the molecule is COc1ccc(C(C)NC(=O)CCNS(=O)(=O)c2ccc3c(c2)OCCCO3)cc1F. The van der Waals surface area contributed by atoms with Gasteiger partial charge in [0.1, 0.15) is 0 Å². The van der Waals surface area contributed by atoms with E-state index < -0.39 is 21.9 Å². The third kappa shape index (κ3) is 5.86. The Morgan fingerprint density at radius 2 is 1.90 bits per heavy atom. The fourth-order valence-corrected chi connectivity index (χ4v) is 4.09. The van der Waals surface area contributed by atoms with Crippen molar-refractivity contribution in [2.24, 2.45) is 0 Å². The molecule has 2 N–H and O–H groups in total. The van der Waals surface area contributed by atoms with Gasteiger partial charge in [-0.25, -0.2) is 17.5 Å². The quantitative estimate of drug-likeness (QED) is 0.638. The van der Waals surface area contributed by atoms with Crippen LogP contribution in [0, 0.1) is 5.82 Å². The van der Waals surface area contributed by atoms with E-state index in [9.17, 15) is 17.6 Å². The minimum Gasteiger partial charge on any atom is -0.494 e. The van der Waals surface area contributed by atoms with E-state index >= 15 is 0 Å². The zero-order chi connectivity index (χ0) is 22.4. The predicted molar refractivity (Wildman–Crippen MR) is 111 cm³/mol. The molecule has 1 aliphatic rings. The first-order valence-corrected chi connectivity index (χ1v) is 11.3. The first-order valence-electron chi connectivity index (χ1n) is 9.82. The van der Waals surface area contributed by atoms with Crippen molar-refractivity contribution in [2.45, 2.75) is 30.7 Å². The lowest BCUT2D eigenvalue weighted by Gasteiger charge is -2.15. The zero-order valence-electron chi connectivity index (χ0n) is 17.3. The number of ether oxygens (including phenoxy) is 3. The smallest absolute Gasteiger partial charge is 0.240 e. The standard InChI is InChI=1S/C21H25FN2O6S/c1-14(15-4-6-18(28-2)17(22)12-15)24-21(25)8-9-23-31(26,27)16-5-7-19-20(13-16)30-11-3-10-29-19/h4-7,12-14,23H,3,8-11H2,1-2H3,(H,24,25). The highest BCUT2D eigenvalue weighted by molar-refractivity contribution is 7.89. The summed E-state index contributed by atoms with van der Waals surface area (Å²) in [6.07, 6.45) is 0.637. The normalized spacial score (nSPS) is 14.4. The second-order valence-electron chi connectivity index (χ2n) is 6.99. The summed E-state index contributed by atoms with van der Waals surface area (Å²) < 4.78 is 57.2. The van der Waals surface area contributed by atoms with Gasteiger partial charge in [-0.05, 0) is 36.8 Å². The Balaban J connectivity index is 1.53. The van der Waals surface area contributed by atoms with Crippen LogP contribution < -0.4 is 24.2 Å². The molecular formula is C21H25FN2O6S. The van der Waals surface area contributed by atoms with Crippen LogP contribution in [-0.4, -0.2) is 41.2 Å². The molecule has 1 aliphatic heterocycles. The van der Waals surface area contributed by atoms with E-state index in [-0.39, 0.29) is 29.5 Å². The van der Waals surface area contributed by atoms with Crippen LogP contribution in [0.1, 0.15) is 31.4 Å². The number of amides is 1. The van der Waals surface area contributed by atoms with E-state index in [1.54, 1.807) is 19.1 Å². The molecule has 8 nitrogen and oxygen atoms in total. The molecule has 0 fully saturated rings. The summed E-state index contributed by atoms with van der Waals surface area (Å²) in [6.45, 7) is 2.57. The van der Waals surface area contributed by atoms with Crippen LogP contribution in [0.4, 0.5) is 4.39 Å². The summed E-state index contributed by atoms with van der Waals surface area (Å²) in [4.78, 5) is 12.2. The number of hydrogen-bond acceptors (Lipinski definition) is 6. The molecule has 0 radical (unpaired) electrons. The average molecular weight is 453 g/mol. The summed E-state index contributed by atoms with van der Waals surface area (Å²) in [5.74, 6) is 0.0963. The first kappa shape index (κ1) is 22.8. The van der Waals surface area contributed by atoms with Crippen LogP contribution in [0.2, 0.25) is 0 Å². The maximum atomic E-state index is 13.8. The average Bonchev–Trinajstić information content (AvgIpc) is 2.98. The van der Waals surface area contributed by atoms with Gasteiger partial charge in [-0.2, -0.15) is 0 Å². The number of halogens is 1. The number of nitrogens with one attached hydrogen (secondary N) is 2. The number of methoxy groups -OCH3 is 1. The van der Waals surface area contributed by atoms with E-state index in [0.29, 0.717) is 36.7 Å². The van der Waals surface area contributed by atoms with Gasteiger partial charge in [0, 0.05) is 25.5 Å². The first-order chi connectivity index (χ1) is 14.8. The van der Waals surface area contributed by atoms with Crippen LogP contribution >= 0.6 is 0 Å². The van der Waals surface area contributed by atoms with E-state index in [4.69, 9.17) is 14.2 Å². The number of fused-ring (bicyclic) bond motifs is 1. The third-order valence-electron chi connectivity index (χ3n) is 4.73. The number of carbonyl (C=O) groups excluding carboxylic acids is 1. The van der Waals surface area contributed by atoms with Crippen molar-refractivity contribution in [3.8, 4) is 17.2 Å². The molecule has 0 saturated carbocycles. The van der Waals surface area contributed by atoms with Gasteiger partial charge in [-0.15, -0.1) is 0 Å². The van der Waals surface area contributed by atoms with Gasteiger partial charge in [0.15, 0.2) is 23.1 Å². The molecule has 0 spiro atoms. The Labute approximate surface area is 180 Å². The Kier molecular flexibility index (Phi) is 7.34. The van der Waals surface area contributed by atoms with Crippen molar-refractivity contribution in [3.05, 3.63) is 47.8 Å². The molecule has 0 aliphatic carbocycles. The molecule has 1 atom stereocenters. The van der Waals surface area contributed by atoms with Gasteiger partial charge >= 0.3 is 0 Å². The van der Waals surface area contributed by atoms with E-state index in [2.05, 4.69) is 10.0 Å². The van der Waals surface area contributed by atoms with Crippen molar-refractivity contribution < 1.29 is 31.8 Å². The highest BCUT2D eigenvalue weighted by Gasteiger charge is 2.19. The summed E-state index contributed by atoms with van der Waals surface area (Å²) in [7, 11) is -2.45. The summed E-state index contributed by atoms with van der Waals surface area (Å²) in [5.41, 5.74) is 0.569. The number of rotatable bonds is 8. The number of hydrogen-bond donors (Lipinski definition) is 2. The minimum atomic E-state index is -3.82. The van der Waals surface area contributed by atoms with Crippen LogP contribution in [0.15, 0.2) is 41.3 Å². The maximum absolute atomic E-state index is 13.8. The highest BCUT2D eigenvalue weighted by atomic mass is 32.2. The molecule has 1 heterocycles. The summed E-state index contributed by atoms with van der Waals surface area (Å²) in [6, 6.07) is 8.36. The third-order valence-corrected chi connectivity index (χ3v) is 6.19. The molecule has 1 amide bonds. The Hall–Kier alpha value is -2.85. The van der Waals surface area contributed by atoms with Crippen LogP contribution in [-0.2, 0) is 14.8 Å². The van der Waals surface area contributed by atoms with E-state index in [1.807, 2.05) is 0 Å². The molecule has 0 saturated heterocycles. The minimum absolute atomic E-state index is 0.0271. The van der Waals surface area contributed by atoms with Crippen molar-refractivity contribution in [2.75, 3.05) is 26.9 Å². The monoisotopic (exact) mass is 452 g/mol. The lowest BCUT2D eigenvalue weighted by Crippen LogP contribution is -2.32. The Morgan fingerprint density at radius 1 is 1.16 bits per heavy atom. The lowest BCUT2D eigenvalue weighted by molar-refractivity contribution is -0.121. The van der Waals surface area contributed by atoms with Gasteiger partial charge in [0.25, 0.3) is 0 Å². The fourth-order valence-electron chi connectivity index (χ4n) is 3.04. The zero-order valence-corrected chi connectivity index (χ0v) is 18.1. The van der Waals surface area contributed by atoms with E-state index in [0.717, 1.165) is 0 Å². The summed E-state index contributed by atoms with van der Waals surface area (Å²) in [5, 5.41) is 2.72. The fraction of sp³-hybridized carbons (Fsp3) is 0.381. The Bertz CT molecular complexity index is 1040. The van der Waals surface area contributed by atoms with Crippen LogP contribution in [0.5, 0.6) is 17.2 Å². The second kappa shape index (κ2) is 9.97. The molecular weight excluding hydrogens is 427 g/mol. The largest absolute Gasteiger partial charge is 0.494 e. The second-order valence-corrected chi connectivity index (χ2v) is 8.76. The molecule has 10 heteroatoms. The molecule has 2 aromatic carbocycles. The lowest BCUT2D eigenvalue weighted by atomic mass is 10.1. The molecule has 0 aromatic heterocycles. The number of carbonyl (C=O) groups is 1. The predicted octanol–water partition coefficient (Wildman–Crippen LogP) is 2.54. The van der Waals surface area contributed by atoms with Crippen LogP contribution in [0.3, 0.4) is 0 Å². The molecule has 2 aromatic rings. The highest BCUT2D eigenvalue weighted by Crippen LogP contribution is 2.31. The van der Waals surface area contributed by atoms with Crippen molar-refractivity contribution in [1.29, 1.82) is 0 Å². The van der Waals surface area contributed by atoms with Gasteiger partial charge in [0.2, 0.25) is 15.9 Å². The summed E-state index contributed by atoms with van der Waals surface area (Å²) >= 11 is 0. The van der Waals surface area contributed by atoms with Crippen LogP contribution in [0.25, 0.3) is 0 Å². The maximum Gasteiger partial charge on any atom is 0.240 e. The molecule has 1 unspecified atom stereocenters. The number of sulfonamides is 1. The number of benzene rings is 2. The molecule has 168 valence electrons. The van der Waals surface area contributed by atoms with Gasteiger partial charge in [0.05, 0.1) is 31.3 Å². The van der Waals surface area contributed by atoms with Gasteiger partial charge in [-0.3, -0.25) is 4.79 Å². The topological polar surface area (TPSA) is 103 Å². The van der Waals surface area contributed by atoms with Crippen molar-refractivity contribution >= 4 is 15.9 Å². The Morgan fingerprint density at radius 3 is 2.61 bits per heavy atom. The van der Waals surface area contributed by atoms with E-state index in [1.165, 1.54) is 31.4 Å². The molecule has 0 bridgehead atoms. The molecule has 31 heavy (non-hydrogen) atoms. The van der Waals surface area contributed by atoms with Crippen molar-refractivity contribution in [1.82, 2.24) is 10.0 Å². The van der Waals surface area contributed by atoms with Crippen molar-refractivity contribution in [3.63, 3.8) is 0 Å². The van der Waals surface area contributed by atoms with Gasteiger partial charge in [-0.1, -0.05) is 6.07 Å². The van der Waals surface area contributed by atoms with Gasteiger partial charge < -0.3 is 19.5 Å².